The standard InChI is InChI=1S/C20H22N2O6/c1-5-8-22-14-7-6-13(11-15(14)28-20(22)24)21-19(23)12-9-16(25-2)18(27-4)17(10-12)26-3/h6-7,9-11H,5,8H2,1-4H3,(H,21,23). The predicted molar refractivity (Wildman–Crippen MR) is 105 cm³/mol. The number of aryl methyl sites for hydroxylation is 1. The zero-order valence-corrected chi connectivity index (χ0v) is 16.2. The molecule has 1 aromatic heterocycles. The van der Waals surface area contributed by atoms with Crippen LogP contribution < -0.4 is 25.3 Å². The van der Waals surface area contributed by atoms with E-state index in [-0.39, 0.29) is 5.91 Å². The van der Waals surface area contributed by atoms with Gasteiger partial charge < -0.3 is 23.9 Å². The van der Waals surface area contributed by atoms with Gasteiger partial charge in [-0.3, -0.25) is 9.36 Å². The summed E-state index contributed by atoms with van der Waals surface area (Å²) < 4.78 is 22.7. The summed E-state index contributed by atoms with van der Waals surface area (Å²) in [6, 6.07) is 8.22. The number of aromatic nitrogens is 1. The van der Waals surface area contributed by atoms with Crippen molar-refractivity contribution in [3.63, 3.8) is 0 Å². The Morgan fingerprint density at radius 1 is 1.07 bits per heavy atom. The third-order valence-corrected chi connectivity index (χ3v) is 4.30. The molecule has 8 nitrogen and oxygen atoms in total. The Kier molecular flexibility index (Phi) is 5.58. The highest BCUT2D eigenvalue weighted by Crippen LogP contribution is 2.38. The van der Waals surface area contributed by atoms with Gasteiger partial charge in [-0.1, -0.05) is 6.92 Å². The van der Waals surface area contributed by atoms with Crippen LogP contribution in [0, 0.1) is 0 Å². The lowest BCUT2D eigenvalue weighted by Gasteiger charge is -2.14. The number of nitrogens with zero attached hydrogens (tertiary/aromatic N) is 1. The minimum absolute atomic E-state index is 0.333. The number of oxazole rings is 1. The highest BCUT2D eigenvalue weighted by molar-refractivity contribution is 6.05. The Labute approximate surface area is 161 Å². The van der Waals surface area contributed by atoms with E-state index >= 15 is 0 Å². The monoisotopic (exact) mass is 386 g/mol. The average molecular weight is 386 g/mol. The fourth-order valence-electron chi connectivity index (χ4n) is 2.99. The third-order valence-electron chi connectivity index (χ3n) is 4.30. The van der Waals surface area contributed by atoms with Gasteiger partial charge in [-0.25, -0.2) is 4.79 Å². The van der Waals surface area contributed by atoms with Crippen molar-refractivity contribution < 1.29 is 23.4 Å². The SMILES string of the molecule is CCCn1c(=O)oc2cc(NC(=O)c3cc(OC)c(OC)c(OC)c3)ccc21. The lowest BCUT2D eigenvalue weighted by Crippen LogP contribution is -2.13. The molecular formula is C20H22N2O6. The summed E-state index contributed by atoms with van der Waals surface area (Å²) in [6.07, 6.45) is 0.814. The summed E-state index contributed by atoms with van der Waals surface area (Å²) in [7, 11) is 4.46. The molecule has 3 rings (SSSR count). The molecule has 2 aromatic carbocycles. The fourth-order valence-corrected chi connectivity index (χ4v) is 2.99. The van der Waals surface area contributed by atoms with Crippen molar-refractivity contribution >= 4 is 22.7 Å². The van der Waals surface area contributed by atoms with Crippen LogP contribution in [0.15, 0.2) is 39.5 Å². The predicted octanol–water partition coefficient (Wildman–Crippen LogP) is 3.28. The topological polar surface area (TPSA) is 91.9 Å². The van der Waals surface area contributed by atoms with Gasteiger partial charge in [-0.05, 0) is 30.7 Å². The van der Waals surface area contributed by atoms with Crippen LogP contribution in [0.4, 0.5) is 5.69 Å². The molecule has 0 spiro atoms. The van der Waals surface area contributed by atoms with Gasteiger partial charge in [0, 0.05) is 23.9 Å². The first-order valence-electron chi connectivity index (χ1n) is 8.77. The molecule has 0 saturated heterocycles. The molecule has 3 aromatic rings. The summed E-state index contributed by atoms with van der Waals surface area (Å²) >= 11 is 0. The first kappa shape index (κ1) is 19.3. The largest absolute Gasteiger partial charge is 0.493 e. The molecular weight excluding hydrogens is 364 g/mol. The molecule has 0 aliphatic heterocycles. The van der Waals surface area contributed by atoms with Crippen molar-refractivity contribution in [1.82, 2.24) is 4.57 Å². The molecule has 0 fully saturated rings. The maximum absolute atomic E-state index is 12.7. The van der Waals surface area contributed by atoms with Gasteiger partial charge in [0.1, 0.15) is 0 Å². The maximum Gasteiger partial charge on any atom is 0.419 e. The lowest BCUT2D eigenvalue weighted by atomic mass is 10.1. The van der Waals surface area contributed by atoms with Crippen LogP contribution in [0.3, 0.4) is 0 Å². The van der Waals surface area contributed by atoms with Crippen LogP contribution in [-0.2, 0) is 6.54 Å². The summed E-state index contributed by atoms with van der Waals surface area (Å²) in [5.74, 6) is 0.385. The van der Waals surface area contributed by atoms with E-state index in [0.29, 0.717) is 46.1 Å². The van der Waals surface area contributed by atoms with Crippen molar-refractivity contribution in [2.24, 2.45) is 0 Å². The molecule has 0 aliphatic carbocycles. The highest BCUT2D eigenvalue weighted by Gasteiger charge is 2.17. The summed E-state index contributed by atoms with van der Waals surface area (Å²) in [5.41, 5.74) is 1.95. The Balaban J connectivity index is 1.91. The van der Waals surface area contributed by atoms with Crippen LogP contribution in [0.25, 0.3) is 11.1 Å². The quantitative estimate of drug-likeness (QED) is 0.670. The zero-order chi connectivity index (χ0) is 20.3. The number of fused-ring (bicyclic) bond motifs is 1. The van der Waals surface area contributed by atoms with E-state index in [9.17, 15) is 9.59 Å². The van der Waals surface area contributed by atoms with E-state index < -0.39 is 5.76 Å². The number of ether oxygens (including phenoxy) is 3. The van der Waals surface area contributed by atoms with Gasteiger partial charge in [0.25, 0.3) is 5.91 Å². The number of carbonyl (C=O) groups is 1. The van der Waals surface area contributed by atoms with Crippen molar-refractivity contribution in [3.8, 4) is 17.2 Å². The number of nitrogens with one attached hydrogen (secondary N) is 1. The number of hydrogen-bond donors (Lipinski definition) is 1. The zero-order valence-electron chi connectivity index (χ0n) is 16.2. The number of methoxy groups -OCH3 is 3. The van der Waals surface area contributed by atoms with Gasteiger partial charge in [0.15, 0.2) is 17.1 Å². The van der Waals surface area contributed by atoms with Crippen LogP contribution in [-0.4, -0.2) is 31.8 Å². The lowest BCUT2D eigenvalue weighted by molar-refractivity contribution is 0.102. The van der Waals surface area contributed by atoms with Gasteiger partial charge in [-0.15, -0.1) is 0 Å². The molecule has 0 aliphatic rings. The van der Waals surface area contributed by atoms with Gasteiger partial charge in [-0.2, -0.15) is 0 Å². The molecule has 0 atom stereocenters. The average Bonchev–Trinajstić information content (AvgIpc) is 3.01. The smallest absolute Gasteiger partial charge is 0.419 e. The minimum Gasteiger partial charge on any atom is -0.493 e. The Morgan fingerprint density at radius 2 is 1.75 bits per heavy atom. The summed E-state index contributed by atoms with van der Waals surface area (Å²) in [6.45, 7) is 2.56. The van der Waals surface area contributed by atoms with Gasteiger partial charge >= 0.3 is 5.76 Å². The van der Waals surface area contributed by atoms with Crippen molar-refractivity contribution in [2.45, 2.75) is 19.9 Å². The highest BCUT2D eigenvalue weighted by atomic mass is 16.5. The Bertz CT molecular complexity index is 1040. The Hall–Kier alpha value is -3.42. The normalized spacial score (nSPS) is 10.7. The van der Waals surface area contributed by atoms with Crippen LogP contribution in [0.1, 0.15) is 23.7 Å². The van der Waals surface area contributed by atoms with E-state index in [4.69, 9.17) is 18.6 Å². The van der Waals surface area contributed by atoms with E-state index in [1.54, 1.807) is 34.9 Å². The van der Waals surface area contributed by atoms with E-state index in [1.165, 1.54) is 21.3 Å². The van der Waals surface area contributed by atoms with Crippen LogP contribution >= 0.6 is 0 Å². The first-order valence-corrected chi connectivity index (χ1v) is 8.77. The van der Waals surface area contributed by atoms with Crippen LogP contribution in [0.2, 0.25) is 0 Å². The molecule has 0 unspecified atom stereocenters. The van der Waals surface area contributed by atoms with Crippen molar-refractivity contribution in [1.29, 1.82) is 0 Å². The second kappa shape index (κ2) is 8.08. The van der Waals surface area contributed by atoms with E-state index in [1.807, 2.05) is 6.92 Å². The molecule has 1 amide bonds. The maximum atomic E-state index is 12.7. The molecule has 0 bridgehead atoms. The number of amides is 1. The number of carbonyl (C=O) groups excluding carboxylic acids is 1. The first-order chi connectivity index (χ1) is 13.5. The number of benzene rings is 2. The fraction of sp³-hybridized carbons (Fsp3) is 0.300. The van der Waals surface area contributed by atoms with Crippen molar-refractivity contribution in [3.05, 3.63) is 46.4 Å². The number of rotatable bonds is 7. The summed E-state index contributed by atoms with van der Waals surface area (Å²) in [4.78, 5) is 24.7. The Morgan fingerprint density at radius 3 is 2.32 bits per heavy atom. The molecule has 28 heavy (non-hydrogen) atoms. The van der Waals surface area contributed by atoms with Gasteiger partial charge in [0.05, 0.1) is 26.8 Å². The van der Waals surface area contributed by atoms with Crippen LogP contribution in [0.5, 0.6) is 17.2 Å². The van der Waals surface area contributed by atoms with E-state index in [2.05, 4.69) is 5.32 Å². The molecule has 1 N–H and O–H groups in total. The minimum atomic E-state index is -0.412. The number of hydrogen-bond acceptors (Lipinski definition) is 6. The molecule has 148 valence electrons. The summed E-state index contributed by atoms with van der Waals surface area (Å²) in [5, 5.41) is 2.79. The second-order valence-corrected chi connectivity index (χ2v) is 6.07. The van der Waals surface area contributed by atoms with Crippen molar-refractivity contribution in [2.75, 3.05) is 26.6 Å². The molecule has 8 heteroatoms. The van der Waals surface area contributed by atoms with E-state index in [0.717, 1.165) is 6.42 Å². The van der Waals surface area contributed by atoms with Gasteiger partial charge in [0.2, 0.25) is 5.75 Å². The molecule has 0 radical (unpaired) electrons. The molecule has 0 saturated carbocycles. The number of anilines is 1. The molecule has 1 heterocycles. The second-order valence-electron chi connectivity index (χ2n) is 6.07. The third kappa shape index (κ3) is 3.53.